The number of benzene rings is 1. The third-order valence-electron chi connectivity index (χ3n) is 2.21. The van der Waals surface area contributed by atoms with Crippen molar-refractivity contribution in [3.8, 4) is 0 Å². The minimum absolute atomic E-state index is 0. The van der Waals surface area contributed by atoms with E-state index in [0.29, 0.717) is 18.5 Å². The zero-order valence-electron chi connectivity index (χ0n) is 9.18. The normalized spacial score (nSPS) is 11.4. The number of carbonyl (C=O) groups excluding carboxylic acids is 1. The smallest absolute Gasteiger partial charge is 0.337 e. The van der Waals surface area contributed by atoms with Crippen LogP contribution in [0.25, 0.3) is 0 Å². The Balaban J connectivity index is 0.00000225. The van der Waals surface area contributed by atoms with Crippen molar-refractivity contribution in [2.75, 3.05) is 13.7 Å². The number of methoxy groups -OCH3 is 1. The minimum atomic E-state index is -0.350. The van der Waals surface area contributed by atoms with Gasteiger partial charge in [-0.15, -0.1) is 12.4 Å². The van der Waals surface area contributed by atoms with E-state index in [1.807, 2.05) is 6.07 Å². The molecule has 0 aliphatic heterocycles. The molecule has 0 spiro atoms. The molecule has 0 heterocycles. The van der Waals surface area contributed by atoms with Crippen LogP contribution in [0.15, 0.2) is 24.3 Å². The van der Waals surface area contributed by atoms with E-state index in [1.54, 1.807) is 18.2 Å². The molecule has 4 nitrogen and oxygen atoms in total. The van der Waals surface area contributed by atoms with Crippen LogP contribution in [0.2, 0.25) is 0 Å². The number of halogens is 1. The Morgan fingerprint density at radius 2 is 2.19 bits per heavy atom. The van der Waals surface area contributed by atoms with Crippen molar-refractivity contribution < 1.29 is 9.53 Å². The molecule has 0 radical (unpaired) electrons. The topological polar surface area (TPSA) is 78.3 Å². The van der Waals surface area contributed by atoms with Crippen LogP contribution >= 0.6 is 12.4 Å². The zero-order valence-corrected chi connectivity index (χ0v) is 10.00. The SMILES string of the molecule is COC(=O)c1cccc([C@@H](N)CCN)c1.Cl. The summed E-state index contributed by atoms with van der Waals surface area (Å²) < 4.78 is 4.63. The standard InChI is InChI=1S/C11H16N2O2.ClH/c1-15-11(14)9-4-2-3-8(7-9)10(13)5-6-12;/h2-4,7,10H,5-6,12-13H2,1H3;1H/t10-;/m0./s1. The fourth-order valence-electron chi connectivity index (χ4n) is 1.36. The highest BCUT2D eigenvalue weighted by atomic mass is 35.5. The van der Waals surface area contributed by atoms with Gasteiger partial charge < -0.3 is 16.2 Å². The maximum Gasteiger partial charge on any atom is 0.337 e. The second-order valence-electron chi connectivity index (χ2n) is 3.30. The van der Waals surface area contributed by atoms with Gasteiger partial charge in [0.25, 0.3) is 0 Å². The summed E-state index contributed by atoms with van der Waals surface area (Å²) in [6.07, 6.45) is 0.699. The van der Waals surface area contributed by atoms with Crippen molar-refractivity contribution in [2.24, 2.45) is 11.5 Å². The summed E-state index contributed by atoms with van der Waals surface area (Å²) in [4.78, 5) is 11.3. The molecule has 1 rings (SSSR count). The second-order valence-corrected chi connectivity index (χ2v) is 3.30. The quantitative estimate of drug-likeness (QED) is 0.782. The molecule has 1 atom stereocenters. The first-order chi connectivity index (χ1) is 7.19. The van der Waals surface area contributed by atoms with Gasteiger partial charge in [0.05, 0.1) is 12.7 Å². The number of rotatable bonds is 4. The maximum atomic E-state index is 11.3. The monoisotopic (exact) mass is 244 g/mol. The number of nitrogens with two attached hydrogens (primary N) is 2. The van der Waals surface area contributed by atoms with Crippen molar-refractivity contribution in [1.82, 2.24) is 0 Å². The number of carbonyl (C=O) groups is 1. The third kappa shape index (κ3) is 3.81. The van der Waals surface area contributed by atoms with Gasteiger partial charge in [0, 0.05) is 6.04 Å². The zero-order chi connectivity index (χ0) is 11.3. The van der Waals surface area contributed by atoms with Crippen LogP contribution in [0.3, 0.4) is 0 Å². The summed E-state index contributed by atoms with van der Waals surface area (Å²) in [5, 5.41) is 0. The molecule has 0 saturated carbocycles. The summed E-state index contributed by atoms with van der Waals surface area (Å²) in [6, 6.07) is 6.99. The van der Waals surface area contributed by atoms with Crippen LogP contribution in [-0.4, -0.2) is 19.6 Å². The van der Waals surface area contributed by atoms with Crippen LogP contribution in [0.4, 0.5) is 0 Å². The molecular weight excluding hydrogens is 228 g/mol. The van der Waals surface area contributed by atoms with Gasteiger partial charge >= 0.3 is 5.97 Å². The highest BCUT2D eigenvalue weighted by Crippen LogP contribution is 2.15. The molecule has 90 valence electrons. The van der Waals surface area contributed by atoms with Crippen LogP contribution in [0.1, 0.15) is 28.4 Å². The van der Waals surface area contributed by atoms with E-state index >= 15 is 0 Å². The van der Waals surface area contributed by atoms with E-state index in [9.17, 15) is 4.79 Å². The molecule has 0 unspecified atom stereocenters. The summed E-state index contributed by atoms with van der Waals surface area (Å²) >= 11 is 0. The Morgan fingerprint density at radius 1 is 1.50 bits per heavy atom. The van der Waals surface area contributed by atoms with Gasteiger partial charge in [-0.3, -0.25) is 0 Å². The Bertz CT molecular complexity index is 345. The molecule has 0 fully saturated rings. The predicted octanol–water partition coefficient (Wildman–Crippen LogP) is 1.24. The van der Waals surface area contributed by atoms with Crippen LogP contribution in [-0.2, 0) is 4.74 Å². The van der Waals surface area contributed by atoms with E-state index in [1.165, 1.54) is 7.11 Å². The van der Waals surface area contributed by atoms with Crippen molar-refractivity contribution >= 4 is 18.4 Å². The van der Waals surface area contributed by atoms with E-state index in [4.69, 9.17) is 11.5 Å². The molecule has 1 aromatic carbocycles. The number of hydrogen-bond donors (Lipinski definition) is 2. The van der Waals surface area contributed by atoms with Crippen molar-refractivity contribution in [3.05, 3.63) is 35.4 Å². The lowest BCUT2D eigenvalue weighted by Crippen LogP contribution is -2.15. The van der Waals surface area contributed by atoms with E-state index < -0.39 is 0 Å². The molecule has 0 aliphatic carbocycles. The van der Waals surface area contributed by atoms with Gasteiger partial charge in [-0.05, 0) is 30.7 Å². The fourth-order valence-corrected chi connectivity index (χ4v) is 1.36. The second kappa shape index (κ2) is 7.22. The lowest BCUT2D eigenvalue weighted by Gasteiger charge is -2.11. The molecule has 0 bridgehead atoms. The first-order valence-corrected chi connectivity index (χ1v) is 4.83. The largest absolute Gasteiger partial charge is 0.465 e. The van der Waals surface area contributed by atoms with Gasteiger partial charge in [-0.1, -0.05) is 12.1 Å². The van der Waals surface area contributed by atoms with Gasteiger partial charge in [0.15, 0.2) is 0 Å². The van der Waals surface area contributed by atoms with Gasteiger partial charge in [0.1, 0.15) is 0 Å². The number of esters is 1. The molecule has 0 aromatic heterocycles. The molecule has 0 amide bonds. The minimum Gasteiger partial charge on any atom is -0.465 e. The number of ether oxygens (including phenoxy) is 1. The van der Waals surface area contributed by atoms with Crippen molar-refractivity contribution in [2.45, 2.75) is 12.5 Å². The highest BCUT2D eigenvalue weighted by Gasteiger charge is 2.09. The molecule has 5 heteroatoms. The van der Waals surface area contributed by atoms with Gasteiger partial charge in [0.2, 0.25) is 0 Å². The average Bonchev–Trinajstić information content (AvgIpc) is 2.28. The molecular formula is C11H17ClN2O2. The lowest BCUT2D eigenvalue weighted by atomic mass is 10.0. The van der Waals surface area contributed by atoms with Crippen molar-refractivity contribution in [1.29, 1.82) is 0 Å². The van der Waals surface area contributed by atoms with E-state index in [-0.39, 0.29) is 24.4 Å². The molecule has 0 aliphatic rings. The van der Waals surface area contributed by atoms with E-state index in [2.05, 4.69) is 4.74 Å². The lowest BCUT2D eigenvalue weighted by molar-refractivity contribution is 0.0600. The summed E-state index contributed by atoms with van der Waals surface area (Å²) in [5.41, 5.74) is 12.7. The maximum absolute atomic E-state index is 11.3. The molecule has 0 saturated heterocycles. The predicted molar refractivity (Wildman–Crippen MR) is 65.6 cm³/mol. The van der Waals surface area contributed by atoms with Gasteiger partial charge in [-0.2, -0.15) is 0 Å². The Morgan fingerprint density at radius 3 is 2.75 bits per heavy atom. The summed E-state index contributed by atoms with van der Waals surface area (Å²) in [5.74, 6) is -0.350. The number of hydrogen-bond acceptors (Lipinski definition) is 4. The Kier molecular flexibility index (Phi) is 6.72. The van der Waals surface area contributed by atoms with Crippen LogP contribution in [0.5, 0.6) is 0 Å². The first-order valence-electron chi connectivity index (χ1n) is 4.83. The van der Waals surface area contributed by atoms with E-state index in [0.717, 1.165) is 5.56 Å². The Labute approximate surface area is 101 Å². The van der Waals surface area contributed by atoms with Gasteiger partial charge in [-0.25, -0.2) is 4.79 Å². The fraction of sp³-hybridized carbons (Fsp3) is 0.364. The first kappa shape index (κ1) is 14.9. The van der Waals surface area contributed by atoms with Crippen molar-refractivity contribution in [3.63, 3.8) is 0 Å². The summed E-state index contributed by atoms with van der Waals surface area (Å²) in [6.45, 7) is 0.531. The average molecular weight is 245 g/mol. The van der Waals surface area contributed by atoms with Crippen LogP contribution in [0, 0.1) is 0 Å². The molecule has 4 N–H and O–H groups in total. The highest BCUT2D eigenvalue weighted by molar-refractivity contribution is 5.89. The van der Waals surface area contributed by atoms with Crippen LogP contribution < -0.4 is 11.5 Å². The Hall–Kier alpha value is -1.10. The molecule has 16 heavy (non-hydrogen) atoms. The molecule has 1 aromatic rings. The summed E-state index contributed by atoms with van der Waals surface area (Å²) in [7, 11) is 1.36. The third-order valence-corrected chi connectivity index (χ3v) is 2.21.